The van der Waals surface area contributed by atoms with E-state index in [1.807, 2.05) is 19.2 Å². The zero-order valence-corrected chi connectivity index (χ0v) is 7.82. The van der Waals surface area contributed by atoms with Gasteiger partial charge in [-0.3, -0.25) is 0 Å². The highest BCUT2D eigenvalue weighted by atomic mass is 32.1. The Morgan fingerprint density at radius 3 is 3.17 bits per heavy atom. The van der Waals surface area contributed by atoms with E-state index < -0.39 is 0 Å². The molecule has 0 unspecified atom stereocenters. The molecule has 2 heteroatoms. The third kappa shape index (κ3) is 1.12. The molecule has 2 rings (SSSR count). The Bertz CT molecular complexity index is 319. The maximum Gasteiger partial charge on any atom is 0.0824 e. The van der Waals surface area contributed by atoms with Crippen LogP contribution in [0.5, 0.6) is 0 Å². The highest BCUT2D eigenvalue weighted by Crippen LogP contribution is 2.26. The van der Waals surface area contributed by atoms with E-state index >= 15 is 0 Å². The summed E-state index contributed by atoms with van der Waals surface area (Å²) in [5.74, 6) is 0. The summed E-state index contributed by atoms with van der Waals surface area (Å²) in [6.07, 6.45) is 2.06. The number of fused-ring (bicyclic) bond motifs is 1. The lowest BCUT2D eigenvalue weighted by Gasteiger charge is -2.27. The van der Waals surface area contributed by atoms with E-state index in [1.165, 1.54) is 11.3 Å². The third-order valence-electron chi connectivity index (χ3n) is 2.27. The van der Waals surface area contributed by atoms with Crippen molar-refractivity contribution in [3.63, 3.8) is 0 Å². The smallest absolute Gasteiger partial charge is 0.0824 e. The molecule has 1 nitrogen and oxygen atoms in total. The SMILES string of the molecule is CN1C(=S)CCc2c[c]ccc21. The standard InChI is InChI=1S/C10H10NS/c1-11-9-5-3-2-4-8(9)6-7-10(11)12/h3-5H,6-7H2,1H3. The number of aryl methyl sites for hydroxylation is 1. The molecule has 0 aromatic heterocycles. The number of anilines is 1. The zero-order chi connectivity index (χ0) is 8.55. The van der Waals surface area contributed by atoms with Gasteiger partial charge in [0.2, 0.25) is 0 Å². The van der Waals surface area contributed by atoms with Crippen LogP contribution in [0.1, 0.15) is 12.0 Å². The number of thiocarbonyl (C=S) groups is 1. The summed E-state index contributed by atoms with van der Waals surface area (Å²) < 4.78 is 0. The molecule has 0 atom stereocenters. The Labute approximate surface area is 78.0 Å². The average Bonchev–Trinajstić information content (AvgIpc) is 2.12. The first-order chi connectivity index (χ1) is 5.79. The summed E-state index contributed by atoms with van der Waals surface area (Å²) in [6.45, 7) is 0. The van der Waals surface area contributed by atoms with Crippen LogP contribution < -0.4 is 4.90 Å². The van der Waals surface area contributed by atoms with E-state index in [2.05, 4.69) is 17.0 Å². The van der Waals surface area contributed by atoms with Gasteiger partial charge in [-0.05, 0) is 30.2 Å². The van der Waals surface area contributed by atoms with Crippen LogP contribution >= 0.6 is 12.2 Å². The van der Waals surface area contributed by atoms with Crippen molar-refractivity contribution >= 4 is 22.9 Å². The van der Waals surface area contributed by atoms with Gasteiger partial charge in [0.15, 0.2) is 0 Å². The quantitative estimate of drug-likeness (QED) is 0.557. The minimum absolute atomic E-state index is 0.997. The second-order valence-electron chi connectivity index (χ2n) is 3.01. The fourth-order valence-corrected chi connectivity index (χ4v) is 1.73. The summed E-state index contributed by atoms with van der Waals surface area (Å²) in [4.78, 5) is 3.12. The van der Waals surface area contributed by atoms with E-state index in [1.54, 1.807) is 0 Å². The molecule has 1 radical (unpaired) electrons. The fourth-order valence-electron chi connectivity index (χ4n) is 1.53. The van der Waals surface area contributed by atoms with Gasteiger partial charge in [-0.25, -0.2) is 0 Å². The highest BCUT2D eigenvalue weighted by molar-refractivity contribution is 7.80. The molecule has 1 aliphatic rings. The fraction of sp³-hybridized carbons (Fsp3) is 0.300. The molecule has 0 aliphatic carbocycles. The molecule has 12 heavy (non-hydrogen) atoms. The molecule has 1 aliphatic heterocycles. The lowest BCUT2D eigenvalue weighted by Crippen LogP contribution is -2.29. The van der Waals surface area contributed by atoms with Crippen molar-refractivity contribution in [1.29, 1.82) is 0 Å². The van der Waals surface area contributed by atoms with Gasteiger partial charge in [-0.2, -0.15) is 0 Å². The Hall–Kier alpha value is -0.890. The lowest BCUT2D eigenvalue weighted by molar-refractivity contribution is 0.976. The highest BCUT2D eigenvalue weighted by Gasteiger charge is 2.16. The van der Waals surface area contributed by atoms with Crippen LogP contribution in [0.3, 0.4) is 0 Å². The molecule has 1 aromatic rings. The predicted molar refractivity (Wildman–Crippen MR) is 54.6 cm³/mol. The number of rotatable bonds is 0. The van der Waals surface area contributed by atoms with Gasteiger partial charge in [-0.1, -0.05) is 18.3 Å². The first kappa shape index (κ1) is 7.74. The molecule has 0 saturated carbocycles. The molecule has 0 saturated heterocycles. The maximum atomic E-state index is 5.22. The lowest BCUT2D eigenvalue weighted by atomic mass is 10.0. The largest absolute Gasteiger partial charge is 0.339 e. The minimum atomic E-state index is 0.997. The molecule has 0 spiro atoms. The van der Waals surface area contributed by atoms with Crippen LogP contribution in [0.15, 0.2) is 18.2 Å². The van der Waals surface area contributed by atoms with Crippen LogP contribution in [0.4, 0.5) is 5.69 Å². The molecule has 0 bridgehead atoms. The summed E-state index contributed by atoms with van der Waals surface area (Å²) in [6, 6.07) is 9.14. The monoisotopic (exact) mass is 176 g/mol. The van der Waals surface area contributed by atoms with Crippen molar-refractivity contribution in [2.45, 2.75) is 12.8 Å². The normalized spacial score (nSPS) is 16.1. The van der Waals surface area contributed by atoms with E-state index in [0.717, 1.165) is 17.8 Å². The molecule has 1 aromatic carbocycles. The van der Waals surface area contributed by atoms with Crippen molar-refractivity contribution in [2.24, 2.45) is 0 Å². The molecule has 61 valence electrons. The second-order valence-corrected chi connectivity index (χ2v) is 3.48. The van der Waals surface area contributed by atoms with Crippen LogP contribution in [-0.2, 0) is 6.42 Å². The molecule has 0 fully saturated rings. The average molecular weight is 176 g/mol. The first-order valence-corrected chi connectivity index (χ1v) is 4.45. The topological polar surface area (TPSA) is 3.24 Å². The second kappa shape index (κ2) is 2.87. The maximum absolute atomic E-state index is 5.22. The van der Waals surface area contributed by atoms with Crippen LogP contribution in [0.25, 0.3) is 0 Å². The molecule has 1 heterocycles. The molecular formula is C10H10NS. The van der Waals surface area contributed by atoms with Gasteiger partial charge in [0.05, 0.1) is 4.99 Å². The number of hydrogen-bond donors (Lipinski definition) is 0. The Kier molecular flexibility index (Phi) is 1.85. The van der Waals surface area contributed by atoms with E-state index in [-0.39, 0.29) is 0 Å². The van der Waals surface area contributed by atoms with E-state index in [0.29, 0.717) is 0 Å². The molecular weight excluding hydrogens is 166 g/mol. The van der Waals surface area contributed by atoms with E-state index in [4.69, 9.17) is 12.2 Å². The summed E-state index contributed by atoms with van der Waals surface area (Å²) in [7, 11) is 2.03. The van der Waals surface area contributed by atoms with Crippen LogP contribution in [0.2, 0.25) is 0 Å². The Morgan fingerprint density at radius 1 is 1.50 bits per heavy atom. The van der Waals surface area contributed by atoms with E-state index in [9.17, 15) is 0 Å². The summed E-state index contributed by atoms with van der Waals surface area (Å²) in [5.41, 5.74) is 2.60. The first-order valence-electron chi connectivity index (χ1n) is 4.04. The number of benzene rings is 1. The van der Waals surface area contributed by atoms with Gasteiger partial charge in [0, 0.05) is 19.2 Å². The van der Waals surface area contributed by atoms with Gasteiger partial charge in [-0.15, -0.1) is 0 Å². The van der Waals surface area contributed by atoms with Crippen molar-refractivity contribution in [3.05, 3.63) is 29.8 Å². The van der Waals surface area contributed by atoms with Crippen molar-refractivity contribution in [3.8, 4) is 0 Å². The van der Waals surface area contributed by atoms with Gasteiger partial charge >= 0.3 is 0 Å². The van der Waals surface area contributed by atoms with Gasteiger partial charge in [0.1, 0.15) is 0 Å². The van der Waals surface area contributed by atoms with Crippen molar-refractivity contribution in [1.82, 2.24) is 0 Å². The van der Waals surface area contributed by atoms with Gasteiger partial charge in [0.25, 0.3) is 0 Å². The summed E-state index contributed by atoms with van der Waals surface area (Å²) in [5, 5.41) is 0. The van der Waals surface area contributed by atoms with Crippen molar-refractivity contribution < 1.29 is 0 Å². The van der Waals surface area contributed by atoms with Gasteiger partial charge < -0.3 is 4.90 Å². The van der Waals surface area contributed by atoms with Crippen LogP contribution in [0, 0.1) is 6.07 Å². The van der Waals surface area contributed by atoms with Crippen molar-refractivity contribution in [2.75, 3.05) is 11.9 Å². The van der Waals surface area contributed by atoms with Crippen LogP contribution in [-0.4, -0.2) is 12.0 Å². The predicted octanol–water partition coefficient (Wildman–Crippen LogP) is 2.20. The third-order valence-corrected chi connectivity index (χ3v) is 2.75. The Morgan fingerprint density at radius 2 is 2.33 bits per heavy atom. The number of hydrogen-bond acceptors (Lipinski definition) is 1. The molecule has 0 amide bonds. The molecule has 0 N–H and O–H groups in total. The number of nitrogens with zero attached hydrogens (tertiary/aromatic N) is 1. The summed E-state index contributed by atoms with van der Waals surface area (Å²) >= 11 is 5.22. The zero-order valence-electron chi connectivity index (χ0n) is 7.00. The minimum Gasteiger partial charge on any atom is -0.339 e. The Balaban J connectivity index is 2.48.